The van der Waals surface area contributed by atoms with Crippen molar-refractivity contribution in [1.82, 2.24) is 0 Å². The lowest BCUT2D eigenvalue weighted by Gasteiger charge is -2.08. The number of nitrogens with one attached hydrogen (secondary N) is 1. The predicted molar refractivity (Wildman–Crippen MR) is 90.3 cm³/mol. The van der Waals surface area contributed by atoms with Gasteiger partial charge in [0.05, 0.1) is 5.69 Å². The van der Waals surface area contributed by atoms with Crippen LogP contribution in [0.2, 0.25) is 5.02 Å². The highest BCUT2D eigenvalue weighted by atomic mass is 127. The highest BCUT2D eigenvalue weighted by Gasteiger charge is 2.08. The van der Waals surface area contributed by atoms with Gasteiger partial charge >= 0.3 is 0 Å². The maximum Gasteiger partial charge on any atom is 0.255 e. The highest BCUT2D eigenvalue weighted by Crippen LogP contribution is 2.23. The van der Waals surface area contributed by atoms with E-state index in [9.17, 15) is 4.79 Å². The number of amides is 1. The number of anilines is 1. The van der Waals surface area contributed by atoms with Crippen molar-refractivity contribution < 1.29 is 4.79 Å². The van der Waals surface area contributed by atoms with Gasteiger partial charge in [0, 0.05) is 19.1 Å². The molecule has 0 aliphatic rings. The molecule has 0 saturated carbocycles. The molecule has 1 N–H and O–H groups in total. The smallest absolute Gasteiger partial charge is 0.255 e. The summed E-state index contributed by atoms with van der Waals surface area (Å²) in [7, 11) is 0. The molecule has 0 heterocycles. The van der Waals surface area contributed by atoms with Crippen LogP contribution in [0.25, 0.3) is 0 Å². The second-order valence-corrected chi connectivity index (χ2v) is 6.29. The maximum absolute atomic E-state index is 12.1. The van der Waals surface area contributed by atoms with Crippen molar-refractivity contribution in [2.24, 2.45) is 0 Å². The molecule has 5 heteroatoms. The highest BCUT2D eigenvalue weighted by molar-refractivity contribution is 14.1. The quantitative estimate of drug-likeness (QED) is 0.582. The van der Waals surface area contributed by atoms with Gasteiger partial charge in [0.2, 0.25) is 0 Å². The minimum absolute atomic E-state index is 0.118. The molecule has 19 heavy (non-hydrogen) atoms. The van der Waals surface area contributed by atoms with Crippen LogP contribution in [0.15, 0.2) is 47.4 Å². The SMILES string of the molecule is CSc1ccc(C(=O)Nc2ccc(Cl)cc2I)cc1. The van der Waals surface area contributed by atoms with Crippen molar-refractivity contribution >= 4 is 57.5 Å². The van der Waals surface area contributed by atoms with Gasteiger partial charge in [-0.1, -0.05) is 11.6 Å². The van der Waals surface area contributed by atoms with Gasteiger partial charge in [-0.2, -0.15) is 0 Å². The first-order valence-electron chi connectivity index (χ1n) is 5.50. The van der Waals surface area contributed by atoms with E-state index in [0.717, 1.165) is 14.2 Å². The normalized spacial score (nSPS) is 10.3. The summed E-state index contributed by atoms with van der Waals surface area (Å²) < 4.78 is 0.916. The lowest BCUT2D eigenvalue weighted by molar-refractivity contribution is 0.102. The van der Waals surface area contributed by atoms with E-state index in [2.05, 4.69) is 27.9 Å². The van der Waals surface area contributed by atoms with Crippen LogP contribution in [0, 0.1) is 3.57 Å². The van der Waals surface area contributed by atoms with Crippen LogP contribution in [-0.2, 0) is 0 Å². The van der Waals surface area contributed by atoms with Crippen LogP contribution in [0.4, 0.5) is 5.69 Å². The summed E-state index contributed by atoms with van der Waals surface area (Å²) in [5.41, 5.74) is 1.41. The van der Waals surface area contributed by atoms with Gasteiger partial charge in [-0.3, -0.25) is 4.79 Å². The molecule has 2 nitrogen and oxygen atoms in total. The second-order valence-electron chi connectivity index (χ2n) is 3.81. The fraction of sp³-hybridized carbons (Fsp3) is 0.0714. The Morgan fingerprint density at radius 1 is 1.21 bits per heavy atom. The molecular formula is C14H11ClINOS. The van der Waals surface area contributed by atoms with Crippen molar-refractivity contribution in [3.63, 3.8) is 0 Å². The van der Waals surface area contributed by atoms with Gasteiger partial charge in [0.15, 0.2) is 0 Å². The van der Waals surface area contributed by atoms with E-state index in [1.807, 2.05) is 36.6 Å². The Labute approximate surface area is 135 Å². The first-order chi connectivity index (χ1) is 9.10. The maximum atomic E-state index is 12.1. The molecule has 0 unspecified atom stereocenters. The largest absolute Gasteiger partial charge is 0.321 e. The Morgan fingerprint density at radius 3 is 2.47 bits per heavy atom. The number of halogens is 2. The minimum Gasteiger partial charge on any atom is -0.321 e. The Kier molecular flexibility index (Phi) is 5.13. The number of benzene rings is 2. The van der Waals surface area contributed by atoms with E-state index < -0.39 is 0 Å². The summed E-state index contributed by atoms with van der Waals surface area (Å²) in [6.07, 6.45) is 2.01. The fourth-order valence-corrected chi connectivity index (χ4v) is 2.94. The topological polar surface area (TPSA) is 29.1 Å². The summed E-state index contributed by atoms with van der Waals surface area (Å²) in [5.74, 6) is -0.118. The first-order valence-corrected chi connectivity index (χ1v) is 8.19. The number of hydrogen-bond donors (Lipinski definition) is 1. The molecule has 1 amide bonds. The minimum atomic E-state index is -0.118. The lowest BCUT2D eigenvalue weighted by atomic mass is 10.2. The molecule has 0 bridgehead atoms. The monoisotopic (exact) mass is 403 g/mol. The summed E-state index contributed by atoms with van der Waals surface area (Å²) in [4.78, 5) is 13.2. The Hall–Kier alpha value is -0.720. The molecule has 0 aromatic heterocycles. The molecule has 0 spiro atoms. The molecule has 0 aliphatic heterocycles. The zero-order valence-corrected chi connectivity index (χ0v) is 13.8. The summed E-state index contributed by atoms with van der Waals surface area (Å²) in [6.45, 7) is 0. The van der Waals surface area contributed by atoms with Crippen LogP contribution in [0.5, 0.6) is 0 Å². The van der Waals surface area contributed by atoms with Crippen molar-refractivity contribution in [2.75, 3.05) is 11.6 Å². The molecular weight excluding hydrogens is 393 g/mol. The lowest BCUT2D eigenvalue weighted by Crippen LogP contribution is -2.12. The summed E-state index contributed by atoms with van der Waals surface area (Å²) in [5, 5.41) is 3.54. The van der Waals surface area contributed by atoms with Crippen LogP contribution in [-0.4, -0.2) is 12.2 Å². The third kappa shape index (κ3) is 3.87. The zero-order chi connectivity index (χ0) is 13.8. The van der Waals surface area contributed by atoms with Gasteiger partial charge in [-0.15, -0.1) is 11.8 Å². The Morgan fingerprint density at radius 2 is 1.89 bits per heavy atom. The van der Waals surface area contributed by atoms with E-state index in [1.54, 1.807) is 23.9 Å². The molecule has 0 fully saturated rings. The van der Waals surface area contributed by atoms with Crippen LogP contribution < -0.4 is 5.32 Å². The van der Waals surface area contributed by atoms with Crippen LogP contribution >= 0.6 is 46.0 Å². The number of carbonyl (C=O) groups excluding carboxylic acids is 1. The third-order valence-electron chi connectivity index (χ3n) is 2.53. The average Bonchev–Trinajstić information content (AvgIpc) is 2.42. The van der Waals surface area contributed by atoms with E-state index in [-0.39, 0.29) is 5.91 Å². The van der Waals surface area contributed by atoms with Gasteiger partial charge in [-0.05, 0) is 71.3 Å². The standard InChI is InChI=1S/C14H11ClINOS/c1-19-11-5-2-9(3-6-11)14(18)17-13-7-4-10(15)8-12(13)16/h2-8H,1H3,(H,17,18). The van der Waals surface area contributed by atoms with Gasteiger partial charge in [-0.25, -0.2) is 0 Å². The van der Waals surface area contributed by atoms with Gasteiger partial charge in [0.1, 0.15) is 0 Å². The zero-order valence-electron chi connectivity index (χ0n) is 10.1. The Bertz CT molecular complexity index is 601. The first kappa shape index (κ1) is 14.7. The molecule has 2 aromatic carbocycles. The Balaban J connectivity index is 2.15. The van der Waals surface area contributed by atoms with Crippen molar-refractivity contribution in [3.05, 3.63) is 56.6 Å². The van der Waals surface area contributed by atoms with Gasteiger partial charge < -0.3 is 5.32 Å². The molecule has 0 atom stereocenters. The van der Waals surface area contributed by atoms with Crippen molar-refractivity contribution in [2.45, 2.75) is 4.90 Å². The van der Waals surface area contributed by atoms with Crippen LogP contribution in [0.1, 0.15) is 10.4 Å². The number of hydrogen-bond acceptors (Lipinski definition) is 2. The van der Waals surface area contributed by atoms with E-state index >= 15 is 0 Å². The summed E-state index contributed by atoms with van der Waals surface area (Å²) >= 11 is 9.68. The number of thioether (sulfide) groups is 1. The van der Waals surface area contributed by atoms with Crippen molar-refractivity contribution in [3.8, 4) is 0 Å². The van der Waals surface area contributed by atoms with E-state index in [0.29, 0.717) is 10.6 Å². The molecule has 2 rings (SSSR count). The molecule has 0 radical (unpaired) electrons. The molecule has 98 valence electrons. The van der Waals surface area contributed by atoms with Crippen molar-refractivity contribution in [1.29, 1.82) is 0 Å². The molecule has 0 aliphatic carbocycles. The van der Waals surface area contributed by atoms with Gasteiger partial charge in [0.25, 0.3) is 5.91 Å². The fourth-order valence-electron chi connectivity index (χ4n) is 1.53. The summed E-state index contributed by atoms with van der Waals surface area (Å²) in [6, 6.07) is 12.9. The predicted octanol–water partition coefficient (Wildman–Crippen LogP) is 4.92. The number of rotatable bonds is 3. The van der Waals surface area contributed by atoms with E-state index in [1.165, 1.54) is 0 Å². The van der Waals surface area contributed by atoms with E-state index in [4.69, 9.17) is 11.6 Å². The third-order valence-corrected chi connectivity index (χ3v) is 4.40. The number of carbonyl (C=O) groups is 1. The molecule has 2 aromatic rings. The second kappa shape index (κ2) is 6.63. The average molecular weight is 404 g/mol. The molecule has 0 saturated heterocycles. The van der Waals surface area contributed by atoms with Crippen LogP contribution in [0.3, 0.4) is 0 Å².